The first kappa shape index (κ1) is 34.8. The lowest BCUT2D eigenvalue weighted by Crippen LogP contribution is -2.33. The fourth-order valence-corrected chi connectivity index (χ4v) is 10.3. The summed E-state index contributed by atoms with van der Waals surface area (Å²) in [5.41, 5.74) is 11.8. The van der Waals surface area contributed by atoms with Crippen molar-refractivity contribution in [2.45, 2.75) is 51.4 Å². The lowest BCUT2D eigenvalue weighted by molar-refractivity contribution is 0.332. The van der Waals surface area contributed by atoms with Gasteiger partial charge in [0, 0.05) is 53.3 Å². The summed E-state index contributed by atoms with van der Waals surface area (Å²) in [4.78, 5) is 15.5. The molecule has 0 spiro atoms. The Morgan fingerprint density at radius 3 is 1.76 bits per heavy atom. The highest BCUT2D eigenvalue weighted by molar-refractivity contribution is 7.25. The van der Waals surface area contributed by atoms with Crippen LogP contribution in [0.4, 0.5) is 0 Å². The first-order chi connectivity index (χ1) is 28.2. The van der Waals surface area contributed by atoms with Crippen molar-refractivity contribution in [1.82, 2.24) is 19.5 Å². The van der Waals surface area contributed by atoms with Gasteiger partial charge in [0.1, 0.15) is 0 Å². The molecule has 0 N–H and O–H groups in total. The molecule has 3 aromatic heterocycles. The molecule has 11 rings (SSSR count). The fraction of sp³-hybridized carbons (Fsp3) is 0.151. The van der Waals surface area contributed by atoms with Crippen LogP contribution in [-0.2, 0) is 10.8 Å². The molecule has 0 saturated carbocycles. The van der Waals surface area contributed by atoms with Crippen LogP contribution in [0.2, 0.25) is 0 Å². The summed E-state index contributed by atoms with van der Waals surface area (Å²) in [6.45, 7) is 9.62. The fourth-order valence-electron chi connectivity index (χ4n) is 9.19. The molecule has 0 radical (unpaired) electrons. The quantitative estimate of drug-likeness (QED) is 0.175. The number of benzene rings is 7. The van der Waals surface area contributed by atoms with Crippen molar-refractivity contribution in [2.75, 3.05) is 0 Å². The van der Waals surface area contributed by atoms with Gasteiger partial charge in [0.15, 0.2) is 17.5 Å². The summed E-state index contributed by atoms with van der Waals surface area (Å²) >= 11 is 1.84. The Kier molecular flexibility index (Phi) is 7.83. The van der Waals surface area contributed by atoms with Gasteiger partial charge in [0.2, 0.25) is 0 Å². The second-order valence-electron chi connectivity index (χ2n) is 17.1. The van der Waals surface area contributed by atoms with E-state index in [2.05, 4.69) is 172 Å². The number of nitrogens with zero attached hydrogens (tertiary/aromatic N) is 4. The van der Waals surface area contributed by atoms with Crippen molar-refractivity contribution < 1.29 is 0 Å². The molecule has 5 heteroatoms. The molecule has 1 aliphatic rings. The third-order valence-electron chi connectivity index (χ3n) is 12.5. The minimum Gasteiger partial charge on any atom is -0.309 e. The van der Waals surface area contributed by atoms with E-state index in [0.29, 0.717) is 17.5 Å². The number of para-hydroxylation sites is 1. The van der Waals surface area contributed by atoms with Crippen LogP contribution < -0.4 is 0 Å². The standard InChI is InChI=1S/C53H42N4S/c1-52(2)26-27-53(3,4)44-32-46-42(31-43(44)52)39-20-8-10-22-45(39)57(46)38-19-13-18-37(29-38)51-55-49(33-14-6-5-7-15-33)54-50(56-51)36-17-12-16-34(28-36)35-24-25-41-40-21-9-11-23-47(40)58-48(41)30-35/h5-25,28-32H,26-27H2,1-4H3. The molecule has 4 nitrogen and oxygen atoms in total. The number of hydrogen-bond acceptors (Lipinski definition) is 4. The third kappa shape index (κ3) is 5.67. The van der Waals surface area contributed by atoms with Crippen molar-refractivity contribution in [2.24, 2.45) is 0 Å². The highest BCUT2D eigenvalue weighted by Gasteiger charge is 2.38. The molecule has 0 saturated heterocycles. The molecule has 1 aliphatic carbocycles. The molecule has 0 aliphatic heterocycles. The molecule has 0 fully saturated rings. The number of hydrogen-bond donors (Lipinski definition) is 0. The van der Waals surface area contributed by atoms with Gasteiger partial charge in [0.25, 0.3) is 0 Å². The van der Waals surface area contributed by atoms with Gasteiger partial charge in [0.05, 0.1) is 11.0 Å². The zero-order valence-electron chi connectivity index (χ0n) is 33.1. The minimum absolute atomic E-state index is 0.0972. The van der Waals surface area contributed by atoms with E-state index in [-0.39, 0.29) is 10.8 Å². The van der Waals surface area contributed by atoms with E-state index < -0.39 is 0 Å². The Morgan fingerprint density at radius 1 is 0.414 bits per heavy atom. The average Bonchev–Trinajstić information content (AvgIpc) is 3.80. The molecule has 3 heterocycles. The Labute approximate surface area is 342 Å². The van der Waals surface area contributed by atoms with Crippen LogP contribution in [-0.4, -0.2) is 19.5 Å². The monoisotopic (exact) mass is 766 g/mol. The van der Waals surface area contributed by atoms with E-state index in [0.717, 1.165) is 27.9 Å². The van der Waals surface area contributed by atoms with E-state index in [1.807, 2.05) is 29.5 Å². The number of fused-ring (bicyclic) bond motifs is 7. The molecule has 10 aromatic rings. The van der Waals surface area contributed by atoms with Gasteiger partial charge in [-0.3, -0.25) is 0 Å². The molecule has 7 aromatic carbocycles. The van der Waals surface area contributed by atoms with E-state index in [9.17, 15) is 0 Å². The molecular formula is C53H42N4S. The summed E-state index contributed by atoms with van der Waals surface area (Å²) < 4.78 is 5.03. The van der Waals surface area contributed by atoms with Crippen LogP contribution in [0.5, 0.6) is 0 Å². The van der Waals surface area contributed by atoms with Crippen LogP contribution in [0, 0.1) is 0 Å². The molecule has 58 heavy (non-hydrogen) atoms. The maximum absolute atomic E-state index is 5.22. The van der Waals surface area contributed by atoms with E-state index in [1.165, 1.54) is 71.5 Å². The number of aromatic nitrogens is 4. The van der Waals surface area contributed by atoms with Crippen molar-refractivity contribution in [3.05, 3.63) is 169 Å². The molecular weight excluding hydrogens is 725 g/mol. The van der Waals surface area contributed by atoms with Gasteiger partial charge in [-0.15, -0.1) is 11.3 Å². The van der Waals surface area contributed by atoms with Crippen LogP contribution in [0.15, 0.2) is 158 Å². The highest BCUT2D eigenvalue weighted by atomic mass is 32.1. The van der Waals surface area contributed by atoms with Crippen molar-refractivity contribution in [3.63, 3.8) is 0 Å². The van der Waals surface area contributed by atoms with Crippen molar-refractivity contribution in [1.29, 1.82) is 0 Å². The van der Waals surface area contributed by atoms with Gasteiger partial charge in [-0.2, -0.15) is 0 Å². The highest BCUT2D eigenvalue weighted by Crippen LogP contribution is 2.48. The molecule has 280 valence electrons. The van der Waals surface area contributed by atoms with Crippen molar-refractivity contribution >= 4 is 53.3 Å². The molecule has 0 amide bonds. The van der Waals surface area contributed by atoms with Gasteiger partial charge in [-0.1, -0.05) is 137 Å². The Balaban J connectivity index is 1.06. The Morgan fingerprint density at radius 2 is 0.983 bits per heavy atom. The second-order valence-corrected chi connectivity index (χ2v) is 18.2. The van der Waals surface area contributed by atoms with E-state index in [4.69, 9.17) is 15.0 Å². The second kappa shape index (κ2) is 13.1. The maximum Gasteiger partial charge on any atom is 0.164 e. The summed E-state index contributed by atoms with van der Waals surface area (Å²) in [7, 11) is 0. The predicted molar refractivity (Wildman–Crippen MR) is 244 cm³/mol. The van der Waals surface area contributed by atoms with Crippen LogP contribution in [0.25, 0.3) is 93.0 Å². The molecule has 0 unspecified atom stereocenters. The van der Waals surface area contributed by atoms with Gasteiger partial charge in [-0.25, -0.2) is 15.0 Å². The lowest BCUT2D eigenvalue weighted by Gasteiger charge is -2.42. The summed E-state index contributed by atoms with van der Waals surface area (Å²) in [6, 6.07) is 56.8. The summed E-state index contributed by atoms with van der Waals surface area (Å²) in [5.74, 6) is 1.94. The van der Waals surface area contributed by atoms with Gasteiger partial charge < -0.3 is 4.57 Å². The first-order valence-corrected chi connectivity index (χ1v) is 21.0. The van der Waals surface area contributed by atoms with Crippen molar-refractivity contribution in [3.8, 4) is 51.0 Å². The van der Waals surface area contributed by atoms with Crippen LogP contribution in [0.3, 0.4) is 0 Å². The summed E-state index contributed by atoms with van der Waals surface area (Å²) in [6.07, 6.45) is 2.36. The zero-order valence-corrected chi connectivity index (χ0v) is 33.9. The lowest BCUT2D eigenvalue weighted by atomic mass is 9.63. The third-order valence-corrected chi connectivity index (χ3v) is 13.6. The summed E-state index contributed by atoms with van der Waals surface area (Å²) in [5, 5.41) is 5.17. The molecule has 0 bridgehead atoms. The van der Waals surface area contributed by atoms with E-state index >= 15 is 0 Å². The number of thiophene rings is 1. The predicted octanol–water partition coefficient (Wildman–Crippen LogP) is 14.4. The average molecular weight is 767 g/mol. The van der Waals surface area contributed by atoms with Crippen LogP contribution in [0.1, 0.15) is 51.7 Å². The minimum atomic E-state index is 0.0972. The maximum atomic E-state index is 5.22. The van der Waals surface area contributed by atoms with Gasteiger partial charge in [-0.05, 0) is 94.5 Å². The Hall–Kier alpha value is -6.43. The smallest absolute Gasteiger partial charge is 0.164 e. The first-order valence-electron chi connectivity index (χ1n) is 20.2. The SMILES string of the molecule is CC1(C)CCC(C)(C)c2cc3c(cc21)c1ccccc1n3-c1cccc(-c2nc(-c3ccccc3)nc(-c3cccc(-c4ccc5c(c4)sc4ccccc45)c3)n2)c1. The molecule has 0 atom stereocenters. The largest absolute Gasteiger partial charge is 0.309 e. The Bertz CT molecular complexity index is 3240. The van der Waals surface area contributed by atoms with Gasteiger partial charge >= 0.3 is 0 Å². The van der Waals surface area contributed by atoms with E-state index in [1.54, 1.807) is 0 Å². The number of rotatable bonds is 5. The normalized spacial score (nSPS) is 14.7. The van der Waals surface area contributed by atoms with Crippen LogP contribution >= 0.6 is 11.3 Å². The topological polar surface area (TPSA) is 43.6 Å². The zero-order chi connectivity index (χ0) is 39.2.